The highest BCUT2D eigenvalue weighted by Crippen LogP contribution is 2.17. The van der Waals surface area contributed by atoms with Crippen LogP contribution in [-0.4, -0.2) is 5.11 Å². The van der Waals surface area contributed by atoms with Gasteiger partial charge in [-0.3, -0.25) is 0 Å². The number of aliphatic hydroxyl groups excluding tert-OH is 1. The quantitative estimate of drug-likeness (QED) is 0.447. The summed E-state index contributed by atoms with van der Waals surface area (Å²) in [6, 6.07) is 0. The lowest BCUT2D eigenvalue weighted by molar-refractivity contribution is 0.377. The lowest BCUT2D eigenvalue weighted by atomic mass is 10.1. The molecule has 0 aromatic carbocycles. The van der Waals surface area contributed by atoms with E-state index in [4.69, 9.17) is 0 Å². The average Bonchev–Trinajstić information content (AvgIpc) is 2.81. The summed E-state index contributed by atoms with van der Waals surface area (Å²) >= 11 is 0. The predicted molar refractivity (Wildman–Crippen MR) is 70.5 cm³/mol. The Labute approximate surface area is 99.6 Å². The topological polar surface area (TPSA) is 20.2 Å². The van der Waals surface area contributed by atoms with E-state index in [1.165, 1.54) is 38.5 Å². The van der Waals surface area contributed by atoms with Gasteiger partial charge in [0.1, 0.15) is 0 Å². The van der Waals surface area contributed by atoms with Crippen LogP contribution in [0.5, 0.6) is 0 Å². The maximum Gasteiger partial charge on any atom is 0.0994 e. The molecule has 90 valence electrons. The van der Waals surface area contributed by atoms with E-state index in [1.807, 2.05) is 24.3 Å². The predicted octanol–water partition coefficient (Wildman–Crippen LogP) is 5.07. The van der Waals surface area contributed by atoms with Crippen molar-refractivity contribution in [2.75, 3.05) is 0 Å². The molecule has 0 bridgehead atoms. The molecule has 1 aliphatic rings. The fourth-order valence-electron chi connectivity index (χ4n) is 1.96. The van der Waals surface area contributed by atoms with E-state index in [1.54, 1.807) is 0 Å². The lowest BCUT2D eigenvalue weighted by Crippen LogP contribution is -1.87. The van der Waals surface area contributed by atoms with Crippen LogP contribution in [-0.2, 0) is 0 Å². The highest BCUT2D eigenvalue weighted by molar-refractivity contribution is 5.41. The molecule has 0 fully saturated rings. The molecule has 16 heavy (non-hydrogen) atoms. The molecule has 1 heteroatoms. The van der Waals surface area contributed by atoms with Gasteiger partial charge < -0.3 is 5.11 Å². The Bertz CT molecular complexity index is 257. The summed E-state index contributed by atoms with van der Waals surface area (Å²) in [5.74, 6) is 0.554. The van der Waals surface area contributed by atoms with Crippen LogP contribution in [0, 0.1) is 0 Å². The number of hydrogen-bond donors (Lipinski definition) is 1. The molecule has 0 amide bonds. The zero-order valence-electron chi connectivity index (χ0n) is 10.4. The molecule has 0 saturated carbocycles. The summed E-state index contributed by atoms with van der Waals surface area (Å²) in [5, 5.41) is 9.77. The number of aliphatic hydroxyl groups is 1. The average molecular weight is 220 g/mol. The Kier molecular flexibility index (Phi) is 6.71. The fraction of sp³-hybridized carbons (Fsp3) is 0.600. The van der Waals surface area contributed by atoms with Gasteiger partial charge in [0.05, 0.1) is 5.76 Å². The van der Waals surface area contributed by atoms with Crippen LogP contribution >= 0.6 is 0 Å². The summed E-state index contributed by atoms with van der Waals surface area (Å²) in [5.41, 5.74) is 0.992. The van der Waals surface area contributed by atoms with E-state index in [9.17, 15) is 5.11 Å². The first-order valence-electron chi connectivity index (χ1n) is 6.61. The van der Waals surface area contributed by atoms with Crippen molar-refractivity contribution < 1.29 is 5.11 Å². The van der Waals surface area contributed by atoms with Crippen molar-refractivity contribution in [1.82, 2.24) is 0 Å². The molecule has 1 rings (SSSR count). The largest absolute Gasteiger partial charge is 0.512 e. The van der Waals surface area contributed by atoms with Gasteiger partial charge in [-0.2, -0.15) is 0 Å². The van der Waals surface area contributed by atoms with Crippen molar-refractivity contribution in [2.45, 2.75) is 58.3 Å². The van der Waals surface area contributed by atoms with Crippen molar-refractivity contribution >= 4 is 0 Å². The summed E-state index contributed by atoms with van der Waals surface area (Å²) < 4.78 is 0. The van der Waals surface area contributed by atoms with Gasteiger partial charge in [-0.25, -0.2) is 0 Å². The Morgan fingerprint density at radius 3 is 2.12 bits per heavy atom. The number of unbranched alkanes of at least 4 members (excludes halogenated alkanes) is 6. The normalized spacial score (nSPS) is 13.7. The highest BCUT2D eigenvalue weighted by atomic mass is 16.3. The fourth-order valence-corrected chi connectivity index (χ4v) is 1.96. The molecular formula is C15H24O. The van der Waals surface area contributed by atoms with E-state index < -0.39 is 0 Å². The van der Waals surface area contributed by atoms with Gasteiger partial charge in [0, 0.05) is 12.0 Å². The molecule has 0 atom stereocenters. The van der Waals surface area contributed by atoms with E-state index in [0.717, 1.165) is 18.4 Å². The first-order chi connectivity index (χ1) is 7.84. The number of rotatable bonds is 8. The van der Waals surface area contributed by atoms with Crippen molar-refractivity contribution in [2.24, 2.45) is 0 Å². The Morgan fingerprint density at radius 2 is 1.50 bits per heavy atom. The van der Waals surface area contributed by atoms with Crippen molar-refractivity contribution in [3.63, 3.8) is 0 Å². The molecule has 0 spiro atoms. The van der Waals surface area contributed by atoms with Crippen LogP contribution < -0.4 is 0 Å². The van der Waals surface area contributed by atoms with E-state index in [-0.39, 0.29) is 0 Å². The third-order valence-corrected chi connectivity index (χ3v) is 3.01. The SMILES string of the molecule is CCCCCCCCCC(O)=C1C=CC=C1. The second-order valence-corrected chi connectivity index (χ2v) is 4.49. The third kappa shape index (κ3) is 5.20. The second kappa shape index (κ2) is 8.20. The van der Waals surface area contributed by atoms with E-state index in [0.29, 0.717) is 5.76 Å². The Balaban J connectivity index is 2.01. The van der Waals surface area contributed by atoms with Gasteiger partial charge in [0.15, 0.2) is 0 Å². The molecule has 0 radical (unpaired) electrons. The minimum Gasteiger partial charge on any atom is -0.512 e. The van der Waals surface area contributed by atoms with Gasteiger partial charge in [-0.15, -0.1) is 0 Å². The standard InChI is InChI=1S/C15H24O/c1-2-3-4-5-6-7-8-13-15(16)14-11-9-10-12-14/h9-12,16H,2-8,13H2,1H3. The highest BCUT2D eigenvalue weighted by Gasteiger charge is 2.01. The molecule has 0 heterocycles. The van der Waals surface area contributed by atoms with Gasteiger partial charge in [-0.05, 0) is 6.42 Å². The van der Waals surface area contributed by atoms with Crippen LogP contribution in [0.15, 0.2) is 35.6 Å². The van der Waals surface area contributed by atoms with Gasteiger partial charge >= 0.3 is 0 Å². The molecule has 0 unspecified atom stereocenters. The lowest BCUT2D eigenvalue weighted by Gasteiger charge is -2.03. The second-order valence-electron chi connectivity index (χ2n) is 4.49. The molecule has 0 aliphatic heterocycles. The first-order valence-corrected chi connectivity index (χ1v) is 6.61. The first kappa shape index (κ1) is 13.1. The maximum atomic E-state index is 9.77. The zero-order chi connectivity index (χ0) is 11.6. The smallest absolute Gasteiger partial charge is 0.0994 e. The maximum absolute atomic E-state index is 9.77. The molecule has 1 nitrogen and oxygen atoms in total. The van der Waals surface area contributed by atoms with Crippen LogP contribution in [0.4, 0.5) is 0 Å². The third-order valence-electron chi connectivity index (χ3n) is 3.01. The van der Waals surface area contributed by atoms with Crippen LogP contribution in [0.3, 0.4) is 0 Å². The van der Waals surface area contributed by atoms with E-state index >= 15 is 0 Å². The number of allylic oxidation sites excluding steroid dienone is 6. The summed E-state index contributed by atoms with van der Waals surface area (Å²) in [7, 11) is 0. The monoisotopic (exact) mass is 220 g/mol. The molecule has 0 aromatic heterocycles. The van der Waals surface area contributed by atoms with Crippen LogP contribution in [0.25, 0.3) is 0 Å². The molecular weight excluding hydrogens is 196 g/mol. The van der Waals surface area contributed by atoms with Gasteiger partial charge in [0.25, 0.3) is 0 Å². The minimum atomic E-state index is 0.554. The van der Waals surface area contributed by atoms with Crippen molar-refractivity contribution in [3.05, 3.63) is 35.6 Å². The number of hydrogen-bond acceptors (Lipinski definition) is 1. The molecule has 1 N–H and O–H groups in total. The molecule has 0 aromatic rings. The molecule has 1 aliphatic carbocycles. The van der Waals surface area contributed by atoms with Gasteiger partial charge in [0.2, 0.25) is 0 Å². The van der Waals surface area contributed by atoms with Gasteiger partial charge in [-0.1, -0.05) is 69.8 Å². The Hall–Kier alpha value is -0.980. The Morgan fingerprint density at radius 1 is 0.938 bits per heavy atom. The summed E-state index contributed by atoms with van der Waals surface area (Å²) in [6.45, 7) is 2.24. The van der Waals surface area contributed by atoms with Crippen LogP contribution in [0.2, 0.25) is 0 Å². The minimum absolute atomic E-state index is 0.554. The zero-order valence-corrected chi connectivity index (χ0v) is 10.4. The van der Waals surface area contributed by atoms with Crippen molar-refractivity contribution in [3.8, 4) is 0 Å². The van der Waals surface area contributed by atoms with Crippen LogP contribution in [0.1, 0.15) is 58.3 Å². The van der Waals surface area contributed by atoms with Crippen molar-refractivity contribution in [1.29, 1.82) is 0 Å². The summed E-state index contributed by atoms with van der Waals surface area (Å²) in [6.07, 6.45) is 17.8. The summed E-state index contributed by atoms with van der Waals surface area (Å²) in [4.78, 5) is 0. The van der Waals surface area contributed by atoms with E-state index in [2.05, 4.69) is 6.92 Å². The molecule has 0 saturated heterocycles.